The molecule has 0 aromatic heterocycles. The molecule has 0 radical (unpaired) electrons. The van der Waals surface area contributed by atoms with E-state index in [1.54, 1.807) is 45.9 Å². The van der Waals surface area contributed by atoms with Crippen LogP contribution in [0.15, 0.2) is 24.3 Å². The van der Waals surface area contributed by atoms with Gasteiger partial charge in [-0.05, 0) is 45.0 Å². The lowest BCUT2D eigenvalue weighted by Crippen LogP contribution is -2.33. The monoisotopic (exact) mass is 387 g/mol. The molecule has 0 aliphatic carbocycles. The molecule has 1 aromatic rings. The predicted octanol–water partition coefficient (Wildman–Crippen LogP) is 3.26. The van der Waals surface area contributed by atoms with Crippen LogP contribution in [0.5, 0.6) is 5.75 Å². The number of nitrogen functional groups attached to an aromatic ring is 1. The number of ether oxygens (including phenoxy) is 2. The Labute approximate surface area is 156 Å². The maximum Gasteiger partial charge on any atom is 0.412 e. The van der Waals surface area contributed by atoms with Crippen LogP contribution in [0.3, 0.4) is 0 Å². The highest BCUT2D eigenvalue weighted by Gasteiger charge is 2.15. The molecule has 0 spiro atoms. The average Bonchev–Trinajstić information content (AvgIpc) is 2.50. The van der Waals surface area contributed by atoms with Crippen LogP contribution in [-0.4, -0.2) is 42.4 Å². The summed E-state index contributed by atoms with van der Waals surface area (Å²) in [7, 11) is 3.22. The number of anilines is 1. The largest absolute Gasteiger partial charge is 0.444 e. The lowest BCUT2D eigenvalue weighted by Gasteiger charge is -2.19. The smallest absolute Gasteiger partial charge is 0.412 e. The van der Waals surface area contributed by atoms with E-state index >= 15 is 0 Å². The maximum absolute atomic E-state index is 11.6. The lowest BCUT2D eigenvalue weighted by molar-refractivity contribution is 0.0531. The van der Waals surface area contributed by atoms with Gasteiger partial charge in [0, 0.05) is 30.3 Å². The number of nitrogens with two attached hydrogens (primary N) is 1. The van der Waals surface area contributed by atoms with Crippen LogP contribution >= 0.6 is 21.6 Å². The Morgan fingerprint density at radius 2 is 1.52 bits per heavy atom. The second-order valence-electron chi connectivity index (χ2n) is 5.96. The molecule has 0 unspecified atom stereocenters. The molecule has 140 valence electrons. The third-order valence-corrected chi connectivity index (χ3v) is 4.89. The molecule has 25 heavy (non-hydrogen) atoms. The van der Waals surface area contributed by atoms with Gasteiger partial charge in [0.2, 0.25) is 0 Å². The van der Waals surface area contributed by atoms with Crippen LogP contribution in [0.2, 0.25) is 0 Å². The highest BCUT2D eigenvalue weighted by atomic mass is 33.1. The summed E-state index contributed by atoms with van der Waals surface area (Å²) < 4.78 is 10.2. The fraction of sp³-hybridized carbons (Fsp3) is 0.500. The first-order valence-corrected chi connectivity index (χ1v) is 10.3. The third kappa shape index (κ3) is 11.4. The minimum atomic E-state index is -0.498. The summed E-state index contributed by atoms with van der Waals surface area (Å²) in [4.78, 5) is 23.0. The van der Waals surface area contributed by atoms with Crippen molar-refractivity contribution < 1.29 is 19.1 Å². The standard InChI is InChI=1S/C16H25N3O4S2/c1-16(2,3)23-15(21)19-9-11-25-24-10-8-18-14(20)22-13-6-4-12(17)5-7-13/h4-7H,8-11,17H2,1-3H3,(H,18,20)(H,19,21). The first-order chi connectivity index (χ1) is 11.8. The van der Waals surface area contributed by atoms with E-state index in [1.165, 1.54) is 0 Å². The quantitative estimate of drug-likeness (QED) is 0.357. The zero-order valence-corrected chi connectivity index (χ0v) is 16.3. The van der Waals surface area contributed by atoms with Crippen molar-refractivity contribution in [3.8, 4) is 5.75 Å². The Morgan fingerprint density at radius 3 is 2.04 bits per heavy atom. The van der Waals surface area contributed by atoms with Gasteiger partial charge in [0.15, 0.2) is 0 Å². The number of carbonyl (C=O) groups is 2. The molecule has 0 aliphatic rings. The molecule has 7 nitrogen and oxygen atoms in total. The molecule has 0 saturated carbocycles. The number of carbonyl (C=O) groups excluding carboxylic acids is 2. The average molecular weight is 388 g/mol. The highest BCUT2D eigenvalue weighted by molar-refractivity contribution is 8.76. The molecule has 0 heterocycles. The zero-order chi connectivity index (χ0) is 18.7. The predicted molar refractivity (Wildman–Crippen MR) is 104 cm³/mol. The molecule has 9 heteroatoms. The molecular formula is C16H25N3O4S2. The molecule has 0 bridgehead atoms. The Morgan fingerprint density at radius 1 is 1.00 bits per heavy atom. The van der Waals surface area contributed by atoms with Crippen molar-refractivity contribution in [3.05, 3.63) is 24.3 Å². The van der Waals surface area contributed by atoms with Crippen LogP contribution in [0.25, 0.3) is 0 Å². The van der Waals surface area contributed by atoms with Gasteiger partial charge in [0.25, 0.3) is 0 Å². The van der Waals surface area contributed by atoms with Gasteiger partial charge < -0.3 is 25.8 Å². The molecule has 4 N–H and O–H groups in total. The maximum atomic E-state index is 11.6. The fourth-order valence-corrected chi connectivity index (χ4v) is 3.31. The summed E-state index contributed by atoms with van der Waals surface area (Å²) in [6.07, 6.45) is -0.910. The summed E-state index contributed by atoms with van der Waals surface area (Å²) in [6.45, 7) is 6.48. The molecular weight excluding hydrogens is 362 g/mol. The minimum absolute atomic E-state index is 0.412. The van der Waals surface area contributed by atoms with Gasteiger partial charge >= 0.3 is 12.2 Å². The Kier molecular flexibility index (Phi) is 9.36. The van der Waals surface area contributed by atoms with Crippen molar-refractivity contribution in [1.29, 1.82) is 0 Å². The summed E-state index contributed by atoms with van der Waals surface area (Å²) in [6, 6.07) is 6.61. The van der Waals surface area contributed by atoms with Crippen molar-refractivity contribution >= 4 is 39.5 Å². The SMILES string of the molecule is CC(C)(C)OC(=O)NCCSSCCNC(=O)Oc1ccc(N)cc1. The first kappa shape index (κ1) is 21.3. The first-order valence-electron chi connectivity index (χ1n) is 7.79. The van der Waals surface area contributed by atoms with Crippen molar-refractivity contribution in [1.82, 2.24) is 10.6 Å². The molecule has 0 saturated heterocycles. The van der Waals surface area contributed by atoms with Crippen LogP contribution in [0.4, 0.5) is 15.3 Å². The van der Waals surface area contributed by atoms with Gasteiger partial charge in [-0.3, -0.25) is 0 Å². The Hall–Kier alpha value is -1.74. The van der Waals surface area contributed by atoms with E-state index in [0.717, 1.165) is 11.5 Å². The summed E-state index contributed by atoms with van der Waals surface area (Å²) in [5.41, 5.74) is 5.68. The fourth-order valence-electron chi connectivity index (χ4n) is 1.50. The molecule has 0 fully saturated rings. The lowest BCUT2D eigenvalue weighted by atomic mass is 10.2. The van der Waals surface area contributed by atoms with E-state index < -0.39 is 17.8 Å². The number of alkyl carbamates (subject to hydrolysis) is 1. The number of hydrogen-bond acceptors (Lipinski definition) is 7. The van der Waals surface area contributed by atoms with E-state index in [9.17, 15) is 9.59 Å². The Balaban J connectivity index is 1.98. The number of nitrogens with one attached hydrogen (secondary N) is 2. The minimum Gasteiger partial charge on any atom is -0.444 e. The zero-order valence-electron chi connectivity index (χ0n) is 14.7. The van der Waals surface area contributed by atoms with Gasteiger partial charge in [0.05, 0.1) is 0 Å². The van der Waals surface area contributed by atoms with E-state index in [4.69, 9.17) is 15.2 Å². The van der Waals surface area contributed by atoms with Crippen molar-refractivity contribution in [3.63, 3.8) is 0 Å². The summed E-state index contributed by atoms with van der Waals surface area (Å²) in [5, 5.41) is 5.35. The van der Waals surface area contributed by atoms with E-state index in [1.807, 2.05) is 20.8 Å². The van der Waals surface area contributed by atoms with Crippen LogP contribution in [0, 0.1) is 0 Å². The van der Waals surface area contributed by atoms with Gasteiger partial charge in [-0.15, -0.1) is 0 Å². The second kappa shape index (κ2) is 11.0. The van der Waals surface area contributed by atoms with Gasteiger partial charge in [-0.1, -0.05) is 21.6 Å². The summed E-state index contributed by atoms with van der Waals surface area (Å²) >= 11 is 0. The van der Waals surface area contributed by atoms with E-state index in [0.29, 0.717) is 24.5 Å². The van der Waals surface area contributed by atoms with Crippen molar-refractivity contribution in [2.45, 2.75) is 26.4 Å². The molecule has 2 amide bonds. The van der Waals surface area contributed by atoms with Crippen LogP contribution < -0.4 is 21.1 Å². The number of amides is 2. The molecule has 0 aliphatic heterocycles. The second-order valence-corrected chi connectivity index (χ2v) is 8.66. The summed E-state index contributed by atoms with van der Waals surface area (Å²) in [5.74, 6) is 1.93. The van der Waals surface area contributed by atoms with Crippen LogP contribution in [-0.2, 0) is 4.74 Å². The molecule has 1 aromatic carbocycles. The van der Waals surface area contributed by atoms with Gasteiger partial charge in [-0.2, -0.15) is 0 Å². The van der Waals surface area contributed by atoms with Crippen LogP contribution in [0.1, 0.15) is 20.8 Å². The third-order valence-electron chi connectivity index (χ3n) is 2.48. The van der Waals surface area contributed by atoms with E-state index in [2.05, 4.69) is 10.6 Å². The molecule has 0 atom stereocenters. The highest BCUT2D eigenvalue weighted by Crippen LogP contribution is 2.19. The number of benzene rings is 1. The van der Waals surface area contributed by atoms with Crippen molar-refractivity contribution in [2.75, 3.05) is 30.3 Å². The van der Waals surface area contributed by atoms with Crippen molar-refractivity contribution in [2.24, 2.45) is 0 Å². The van der Waals surface area contributed by atoms with Gasteiger partial charge in [-0.25, -0.2) is 9.59 Å². The molecule has 1 rings (SSSR count). The number of rotatable bonds is 8. The Bertz CT molecular complexity index is 547. The van der Waals surface area contributed by atoms with E-state index in [-0.39, 0.29) is 0 Å². The van der Waals surface area contributed by atoms with Gasteiger partial charge in [0.1, 0.15) is 11.4 Å². The number of hydrogen-bond donors (Lipinski definition) is 3. The topological polar surface area (TPSA) is 103 Å². The normalized spacial score (nSPS) is 10.8.